The van der Waals surface area contributed by atoms with E-state index >= 15 is 0 Å². The van der Waals surface area contributed by atoms with E-state index in [0.717, 1.165) is 29.7 Å². The second-order valence-corrected chi connectivity index (χ2v) is 8.81. The lowest BCUT2D eigenvalue weighted by molar-refractivity contribution is -0.116. The topological polar surface area (TPSA) is 75.7 Å². The molecule has 142 valence electrons. The van der Waals surface area contributed by atoms with Gasteiger partial charge in [0.1, 0.15) is 5.75 Å². The highest BCUT2D eigenvalue weighted by atomic mass is 32.2. The zero-order chi connectivity index (χ0) is 19.0. The third kappa shape index (κ3) is 3.33. The summed E-state index contributed by atoms with van der Waals surface area (Å²) in [6.45, 7) is 0.498. The van der Waals surface area contributed by atoms with Crippen LogP contribution in [0.25, 0.3) is 0 Å². The number of nitrogens with one attached hydrogen (secondary N) is 1. The van der Waals surface area contributed by atoms with E-state index in [0.29, 0.717) is 25.1 Å². The maximum Gasteiger partial charge on any atom is 0.243 e. The van der Waals surface area contributed by atoms with Gasteiger partial charge in [0, 0.05) is 18.7 Å². The molecule has 2 aromatic rings. The quantitative estimate of drug-likeness (QED) is 0.876. The van der Waals surface area contributed by atoms with E-state index in [4.69, 9.17) is 4.74 Å². The van der Waals surface area contributed by atoms with Gasteiger partial charge in [-0.15, -0.1) is 0 Å². The second-order valence-electron chi connectivity index (χ2n) is 6.92. The van der Waals surface area contributed by atoms with Crippen molar-refractivity contribution in [3.05, 3.63) is 53.6 Å². The molecule has 1 amide bonds. The minimum absolute atomic E-state index is 0.0317. The molecule has 0 spiro atoms. The van der Waals surface area contributed by atoms with Crippen LogP contribution in [0.15, 0.2) is 47.4 Å². The highest BCUT2D eigenvalue weighted by Crippen LogP contribution is 2.38. The first-order valence-electron chi connectivity index (χ1n) is 9.07. The van der Waals surface area contributed by atoms with E-state index < -0.39 is 10.0 Å². The number of ether oxygens (including phenoxy) is 1. The second kappa shape index (κ2) is 6.98. The summed E-state index contributed by atoms with van der Waals surface area (Å²) in [6.07, 6.45) is 2.55. The number of aryl methyl sites for hydroxylation is 1. The molecule has 27 heavy (non-hydrogen) atoms. The van der Waals surface area contributed by atoms with E-state index in [1.165, 1.54) is 0 Å². The number of anilines is 1. The Kier molecular flexibility index (Phi) is 4.65. The van der Waals surface area contributed by atoms with Gasteiger partial charge >= 0.3 is 0 Å². The fourth-order valence-electron chi connectivity index (χ4n) is 3.87. The first kappa shape index (κ1) is 18.0. The van der Waals surface area contributed by atoms with Crippen molar-refractivity contribution in [3.8, 4) is 5.75 Å². The molecule has 6 nitrogen and oxygen atoms in total. The summed E-state index contributed by atoms with van der Waals surface area (Å²) in [5, 5.41) is 2.79. The Bertz CT molecular complexity index is 987. The largest absolute Gasteiger partial charge is 0.497 e. The Morgan fingerprint density at radius 2 is 2.00 bits per heavy atom. The highest BCUT2D eigenvalue weighted by molar-refractivity contribution is 7.89. The number of carbonyl (C=O) groups excluding carboxylic acids is 1. The molecule has 0 aliphatic carbocycles. The smallest absolute Gasteiger partial charge is 0.243 e. The van der Waals surface area contributed by atoms with Crippen molar-refractivity contribution in [1.29, 1.82) is 0 Å². The van der Waals surface area contributed by atoms with Crippen LogP contribution in [0.5, 0.6) is 5.75 Å². The minimum atomic E-state index is -3.62. The average molecular weight is 386 g/mol. The van der Waals surface area contributed by atoms with Crippen molar-refractivity contribution in [1.82, 2.24) is 4.31 Å². The molecular weight excluding hydrogens is 364 g/mol. The number of carbonyl (C=O) groups is 1. The molecule has 0 aromatic heterocycles. The lowest BCUT2D eigenvalue weighted by Crippen LogP contribution is -2.31. The van der Waals surface area contributed by atoms with Crippen LogP contribution in [0.3, 0.4) is 0 Å². The van der Waals surface area contributed by atoms with Crippen molar-refractivity contribution >= 4 is 21.6 Å². The fraction of sp³-hybridized carbons (Fsp3) is 0.350. The summed E-state index contributed by atoms with van der Waals surface area (Å²) in [7, 11) is -2.02. The summed E-state index contributed by atoms with van der Waals surface area (Å²) in [5.41, 5.74) is 2.52. The predicted octanol–water partition coefficient (Wildman–Crippen LogP) is 3.11. The van der Waals surface area contributed by atoms with Crippen molar-refractivity contribution in [3.63, 3.8) is 0 Å². The van der Waals surface area contributed by atoms with Crippen LogP contribution >= 0.6 is 0 Å². The summed E-state index contributed by atoms with van der Waals surface area (Å²) < 4.78 is 33.5. The number of fused-ring (bicyclic) bond motifs is 1. The van der Waals surface area contributed by atoms with E-state index in [-0.39, 0.29) is 16.8 Å². The average Bonchev–Trinajstić information content (AvgIpc) is 3.18. The lowest BCUT2D eigenvalue weighted by atomic mass is 10.0. The maximum atomic E-state index is 13.3. The number of benzene rings is 2. The van der Waals surface area contributed by atoms with Crippen LogP contribution in [-0.4, -0.2) is 32.3 Å². The van der Waals surface area contributed by atoms with Crippen LogP contribution < -0.4 is 10.1 Å². The van der Waals surface area contributed by atoms with Gasteiger partial charge in [-0.05, 0) is 60.7 Å². The van der Waals surface area contributed by atoms with Gasteiger partial charge in [-0.3, -0.25) is 4.79 Å². The van der Waals surface area contributed by atoms with Crippen LogP contribution in [0.2, 0.25) is 0 Å². The number of nitrogens with zero attached hydrogens (tertiary/aromatic N) is 1. The van der Waals surface area contributed by atoms with Gasteiger partial charge in [-0.1, -0.05) is 12.1 Å². The molecule has 0 saturated carbocycles. The summed E-state index contributed by atoms with van der Waals surface area (Å²) >= 11 is 0. The Labute approximate surface area is 159 Å². The van der Waals surface area contributed by atoms with Crippen molar-refractivity contribution < 1.29 is 17.9 Å². The van der Waals surface area contributed by atoms with Gasteiger partial charge in [0.05, 0.1) is 18.0 Å². The standard InChI is InChI=1S/C20H22N2O4S/c1-26-16-5-2-4-15(12-16)19-6-3-11-22(19)27(24,25)17-8-9-18-14(13-17)7-10-20(23)21-18/h2,4-5,8-9,12-13,19H,3,6-7,10-11H2,1H3,(H,21,23). The lowest BCUT2D eigenvalue weighted by Gasteiger charge is -2.26. The Morgan fingerprint density at radius 3 is 2.81 bits per heavy atom. The number of methoxy groups -OCH3 is 1. The predicted molar refractivity (Wildman–Crippen MR) is 102 cm³/mol. The zero-order valence-electron chi connectivity index (χ0n) is 15.1. The van der Waals surface area contributed by atoms with E-state index in [1.807, 2.05) is 24.3 Å². The number of rotatable bonds is 4. The van der Waals surface area contributed by atoms with E-state index in [1.54, 1.807) is 29.6 Å². The molecule has 4 rings (SSSR count). The molecule has 0 radical (unpaired) electrons. The molecular formula is C20H22N2O4S. The summed E-state index contributed by atoms with van der Waals surface area (Å²) in [6, 6.07) is 12.4. The van der Waals surface area contributed by atoms with Gasteiger partial charge in [-0.2, -0.15) is 4.31 Å². The zero-order valence-corrected chi connectivity index (χ0v) is 16.0. The van der Waals surface area contributed by atoms with Gasteiger partial charge in [0.15, 0.2) is 0 Å². The van der Waals surface area contributed by atoms with Gasteiger partial charge in [-0.25, -0.2) is 8.42 Å². The van der Waals surface area contributed by atoms with E-state index in [2.05, 4.69) is 5.32 Å². The van der Waals surface area contributed by atoms with E-state index in [9.17, 15) is 13.2 Å². The molecule has 1 saturated heterocycles. The van der Waals surface area contributed by atoms with Crippen molar-refractivity contribution in [2.24, 2.45) is 0 Å². The number of hydrogen-bond donors (Lipinski definition) is 1. The minimum Gasteiger partial charge on any atom is -0.497 e. The molecule has 0 bridgehead atoms. The molecule has 2 aliphatic rings. The van der Waals surface area contributed by atoms with Crippen LogP contribution in [0, 0.1) is 0 Å². The first-order valence-corrected chi connectivity index (χ1v) is 10.5. The van der Waals surface area contributed by atoms with Gasteiger partial charge in [0.25, 0.3) is 0 Å². The third-order valence-corrected chi connectivity index (χ3v) is 7.17. The van der Waals surface area contributed by atoms with Crippen molar-refractivity contribution in [2.45, 2.75) is 36.6 Å². The van der Waals surface area contributed by atoms with Crippen molar-refractivity contribution in [2.75, 3.05) is 19.0 Å². The highest BCUT2D eigenvalue weighted by Gasteiger charge is 2.36. The Hall–Kier alpha value is -2.38. The number of hydrogen-bond acceptors (Lipinski definition) is 4. The van der Waals surface area contributed by atoms with Crippen LogP contribution in [0.1, 0.15) is 36.4 Å². The number of amides is 1. The third-order valence-electron chi connectivity index (χ3n) is 5.26. The molecule has 1 fully saturated rings. The Morgan fingerprint density at radius 1 is 1.15 bits per heavy atom. The molecule has 7 heteroatoms. The monoisotopic (exact) mass is 386 g/mol. The normalized spacial score (nSPS) is 20.2. The maximum absolute atomic E-state index is 13.3. The molecule has 1 unspecified atom stereocenters. The first-order chi connectivity index (χ1) is 13.0. The van der Waals surface area contributed by atoms with Gasteiger partial charge < -0.3 is 10.1 Å². The van der Waals surface area contributed by atoms with Crippen LogP contribution in [-0.2, 0) is 21.2 Å². The fourth-order valence-corrected chi connectivity index (χ4v) is 5.60. The molecule has 2 heterocycles. The SMILES string of the molecule is COc1cccc(C2CCCN2S(=O)(=O)c2ccc3c(c2)CCC(=O)N3)c1. The molecule has 2 aromatic carbocycles. The Balaban J connectivity index is 1.67. The summed E-state index contributed by atoms with van der Waals surface area (Å²) in [4.78, 5) is 11.8. The molecule has 1 atom stereocenters. The van der Waals surface area contributed by atoms with Gasteiger partial charge in [0.2, 0.25) is 15.9 Å². The molecule has 2 aliphatic heterocycles. The van der Waals surface area contributed by atoms with Crippen LogP contribution in [0.4, 0.5) is 5.69 Å². The summed E-state index contributed by atoms with van der Waals surface area (Å²) in [5.74, 6) is 0.692. The molecule has 1 N–H and O–H groups in total. The number of sulfonamides is 1.